The van der Waals surface area contributed by atoms with Gasteiger partial charge in [0, 0.05) is 6.54 Å². The highest BCUT2D eigenvalue weighted by atomic mass is 35.5. The third-order valence-electron chi connectivity index (χ3n) is 2.47. The molecule has 1 amide bonds. The number of hydrogen-bond acceptors (Lipinski definition) is 1. The molecule has 21 heavy (non-hydrogen) atoms. The van der Waals surface area contributed by atoms with E-state index in [2.05, 4.69) is 6.58 Å². The lowest BCUT2D eigenvalue weighted by Crippen LogP contribution is -2.35. The van der Waals surface area contributed by atoms with Crippen molar-refractivity contribution >= 4 is 46.4 Å². The van der Waals surface area contributed by atoms with Gasteiger partial charge in [0.15, 0.2) is 4.84 Å². The predicted octanol–water partition coefficient (Wildman–Crippen LogP) is 4.77. The van der Waals surface area contributed by atoms with Crippen LogP contribution in [0.5, 0.6) is 0 Å². The zero-order valence-corrected chi connectivity index (χ0v) is 12.9. The van der Waals surface area contributed by atoms with Crippen LogP contribution in [0.2, 0.25) is 5.02 Å². The van der Waals surface area contributed by atoms with Crippen LogP contribution in [0.4, 0.5) is 18.9 Å². The van der Waals surface area contributed by atoms with Gasteiger partial charge in [-0.15, -0.1) is 6.58 Å². The Kier molecular flexibility index (Phi) is 6.38. The van der Waals surface area contributed by atoms with Crippen molar-refractivity contribution in [3.63, 3.8) is 0 Å². The van der Waals surface area contributed by atoms with Crippen molar-refractivity contribution in [3.8, 4) is 0 Å². The molecule has 1 aromatic rings. The summed E-state index contributed by atoms with van der Waals surface area (Å²) in [5, 5.41) is 0.116. The Balaban J connectivity index is 3.21. The van der Waals surface area contributed by atoms with Gasteiger partial charge in [-0.25, -0.2) is 0 Å². The summed E-state index contributed by atoms with van der Waals surface area (Å²) in [4.78, 5) is 11.6. The topological polar surface area (TPSA) is 20.3 Å². The van der Waals surface area contributed by atoms with E-state index < -0.39 is 23.3 Å². The molecule has 0 aliphatic heterocycles. The maximum Gasteiger partial charge on any atom is 0.393 e. The Morgan fingerprint density at radius 3 is 2.48 bits per heavy atom. The molecular weight excluding hydrogens is 350 g/mol. The molecule has 0 bridgehead atoms. The zero-order valence-electron chi connectivity index (χ0n) is 10.6. The summed E-state index contributed by atoms with van der Waals surface area (Å²) in [5.41, 5.74) is 0.0825. The van der Waals surface area contributed by atoms with Crippen molar-refractivity contribution in [3.05, 3.63) is 41.4 Å². The second kappa shape index (κ2) is 7.38. The van der Waals surface area contributed by atoms with E-state index in [4.69, 9.17) is 34.8 Å². The molecule has 0 aromatic heterocycles. The molecule has 0 heterocycles. The number of amides is 1. The third kappa shape index (κ3) is 5.41. The molecule has 0 atom stereocenters. The number of anilines is 1. The molecule has 0 fully saturated rings. The van der Waals surface area contributed by atoms with E-state index >= 15 is 0 Å². The lowest BCUT2D eigenvalue weighted by molar-refractivity contribution is -0.127. The summed E-state index contributed by atoms with van der Waals surface area (Å²) in [6.07, 6.45) is -4.10. The fourth-order valence-corrected chi connectivity index (χ4v) is 2.12. The molecule has 0 N–H and O–H groups in total. The lowest BCUT2D eigenvalue weighted by atomic mass is 10.1. The van der Waals surface area contributed by atoms with Gasteiger partial charge < -0.3 is 4.90 Å². The van der Waals surface area contributed by atoms with Crippen LogP contribution in [0.25, 0.3) is 0 Å². The van der Waals surface area contributed by atoms with Gasteiger partial charge in [-0.1, -0.05) is 46.9 Å². The summed E-state index contributed by atoms with van der Waals surface area (Å²) < 4.78 is 37.3. The first-order chi connectivity index (χ1) is 9.65. The number of hydrogen-bond donors (Lipinski definition) is 0. The SMILES string of the molecule is C=CCN(C(=O)C(Cl)Cl)c1cc(CC(F)(F)F)ccc1Cl. The van der Waals surface area contributed by atoms with Crippen LogP contribution in [0, 0.1) is 0 Å². The third-order valence-corrected chi connectivity index (χ3v) is 3.16. The second-order valence-corrected chi connectivity index (χ2v) is 5.62. The Bertz CT molecular complexity index is 532. The molecule has 2 nitrogen and oxygen atoms in total. The number of alkyl halides is 5. The van der Waals surface area contributed by atoms with Crippen LogP contribution in [-0.4, -0.2) is 23.5 Å². The van der Waals surface area contributed by atoms with Crippen LogP contribution in [0.1, 0.15) is 5.56 Å². The molecule has 0 aliphatic rings. The van der Waals surface area contributed by atoms with Gasteiger partial charge in [0.05, 0.1) is 17.1 Å². The van der Waals surface area contributed by atoms with Gasteiger partial charge in [0.2, 0.25) is 0 Å². The molecule has 8 heteroatoms. The van der Waals surface area contributed by atoms with Crippen molar-refractivity contribution in [2.45, 2.75) is 17.4 Å². The summed E-state index contributed by atoms with van der Waals surface area (Å²) in [6, 6.07) is 3.72. The highest BCUT2D eigenvalue weighted by Gasteiger charge is 2.29. The standard InChI is InChI=1S/C13H11Cl3F3NO/c1-2-5-20(12(21)11(15)16)10-6-8(3-4-9(10)14)7-13(17,18)19/h2-4,6,11H,1,5,7H2. The van der Waals surface area contributed by atoms with E-state index in [0.29, 0.717) is 0 Å². The molecule has 0 saturated carbocycles. The first kappa shape index (κ1) is 18.1. The molecule has 0 saturated heterocycles. The van der Waals surface area contributed by atoms with Crippen LogP contribution in [0.15, 0.2) is 30.9 Å². The maximum absolute atomic E-state index is 12.4. The minimum atomic E-state index is -4.36. The zero-order chi connectivity index (χ0) is 16.2. The largest absolute Gasteiger partial charge is 0.393 e. The molecular formula is C13H11Cl3F3NO. The fourth-order valence-electron chi connectivity index (χ4n) is 1.66. The van der Waals surface area contributed by atoms with Gasteiger partial charge in [-0.3, -0.25) is 4.79 Å². The van der Waals surface area contributed by atoms with Crippen LogP contribution < -0.4 is 4.90 Å². The van der Waals surface area contributed by atoms with E-state index in [9.17, 15) is 18.0 Å². The number of carbonyl (C=O) groups excluding carboxylic acids is 1. The summed E-state index contributed by atoms with van der Waals surface area (Å²) in [5.74, 6) is -0.690. The van der Waals surface area contributed by atoms with Crippen molar-refractivity contribution < 1.29 is 18.0 Å². The van der Waals surface area contributed by atoms with E-state index in [0.717, 1.165) is 4.90 Å². The first-order valence-electron chi connectivity index (χ1n) is 5.71. The van der Waals surface area contributed by atoms with Crippen molar-refractivity contribution in [1.82, 2.24) is 0 Å². The van der Waals surface area contributed by atoms with Gasteiger partial charge in [0.25, 0.3) is 5.91 Å². The fraction of sp³-hybridized carbons (Fsp3) is 0.308. The van der Waals surface area contributed by atoms with Crippen molar-refractivity contribution in [2.75, 3.05) is 11.4 Å². The van der Waals surface area contributed by atoms with E-state index in [1.165, 1.54) is 24.3 Å². The molecule has 1 rings (SSSR count). The smallest absolute Gasteiger partial charge is 0.305 e. The van der Waals surface area contributed by atoms with Crippen LogP contribution in [0.3, 0.4) is 0 Å². The quantitative estimate of drug-likeness (QED) is 0.547. The highest BCUT2D eigenvalue weighted by molar-refractivity contribution is 6.54. The molecule has 0 radical (unpaired) electrons. The molecule has 116 valence electrons. The van der Waals surface area contributed by atoms with E-state index in [-0.39, 0.29) is 22.8 Å². The van der Waals surface area contributed by atoms with Gasteiger partial charge >= 0.3 is 6.18 Å². The number of rotatable bonds is 5. The molecule has 0 unspecified atom stereocenters. The van der Waals surface area contributed by atoms with Crippen LogP contribution in [-0.2, 0) is 11.2 Å². The second-order valence-electron chi connectivity index (χ2n) is 4.12. The normalized spacial score (nSPS) is 11.6. The maximum atomic E-state index is 12.4. The number of carbonyl (C=O) groups is 1. The Hall–Kier alpha value is -0.910. The average molecular weight is 361 g/mol. The number of nitrogens with zero attached hydrogens (tertiary/aromatic N) is 1. The number of halogens is 6. The van der Waals surface area contributed by atoms with Crippen LogP contribution >= 0.6 is 34.8 Å². The minimum absolute atomic E-state index is 0.0178. The van der Waals surface area contributed by atoms with Crippen molar-refractivity contribution in [2.24, 2.45) is 0 Å². The first-order valence-corrected chi connectivity index (χ1v) is 6.96. The van der Waals surface area contributed by atoms with Crippen molar-refractivity contribution in [1.29, 1.82) is 0 Å². The predicted molar refractivity (Wildman–Crippen MR) is 79.3 cm³/mol. The lowest BCUT2D eigenvalue weighted by Gasteiger charge is -2.23. The van der Waals surface area contributed by atoms with Gasteiger partial charge in [-0.05, 0) is 17.7 Å². The summed E-state index contributed by atoms with van der Waals surface area (Å²) in [7, 11) is 0. The number of benzene rings is 1. The van der Waals surface area contributed by atoms with Gasteiger partial charge in [-0.2, -0.15) is 13.2 Å². The summed E-state index contributed by atoms with van der Waals surface area (Å²) in [6.45, 7) is 3.49. The molecule has 0 spiro atoms. The Morgan fingerprint density at radius 1 is 1.38 bits per heavy atom. The average Bonchev–Trinajstić information content (AvgIpc) is 2.36. The molecule has 0 aliphatic carbocycles. The molecule has 1 aromatic carbocycles. The Labute approximate surface area is 135 Å². The summed E-state index contributed by atoms with van der Waals surface area (Å²) >= 11 is 17.0. The Morgan fingerprint density at radius 2 is 2.00 bits per heavy atom. The minimum Gasteiger partial charge on any atom is -0.305 e. The monoisotopic (exact) mass is 359 g/mol. The van der Waals surface area contributed by atoms with E-state index in [1.54, 1.807) is 0 Å². The van der Waals surface area contributed by atoms with Gasteiger partial charge in [0.1, 0.15) is 0 Å². The van der Waals surface area contributed by atoms with E-state index in [1.807, 2.05) is 0 Å². The highest BCUT2D eigenvalue weighted by Crippen LogP contribution is 2.31.